The summed E-state index contributed by atoms with van der Waals surface area (Å²) in [7, 11) is 2.20. The van der Waals surface area contributed by atoms with Crippen LogP contribution in [0, 0.1) is 12.3 Å². The maximum Gasteiger partial charge on any atom is -0.00190 e. The second-order valence-corrected chi connectivity index (χ2v) is 2.97. The van der Waals surface area contributed by atoms with Gasteiger partial charge < -0.3 is 4.90 Å². The van der Waals surface area contributed by atoms with Crippen molar-refractivity contribution in [2.75, 3.05) is 20.1 Å². The summed E-state index contributed by atoms with van der Waals surface area (Å²) in [5.41, 5.74) is 0. The highest BCUT2D eigenvalue weighted by Crippen LogP contribution is 2.17. The first kappa shape index (κ1) is 7.07. The van der Waals surface area contributed by atoms with Gasteiger partial charge in [0, 0.05) is 0 Å². The Balaban J connectivity index is 2.18. The van der Waals surface area contributed by atoms with Crippen LogP contribution in [0.4, 0.5) is 0 Å². The van der Waals surface area contributed by atoms with Gasteiger partial charge >= 0.3 is 0 Å². The average molecular weight is 126 g/mol. The second kappa shape index (κ2) is 3.21. The molecule has 9 heavy (non-hydrogen) atoms. The molecule has 0 aromatic rings. The molecule has 1 radical (unpaired) electrons. The largest absolute Gasteiger partial charge is 0.306 e. The molecular weight excluding hydrogens is 110 g/mol. The number of nitrogens with zero attached hydrogens (tertiary/aromatic N) is 1. The van der Waals surface area contributed by atoms with Gasteiger partial charge in [-0.15, -0.1) is 0 Å². The monoisotopic (exact) mass is 126 g/mol. The first-order valence-corrected chi connectivity index (χ1v) is 3.81. The van der Waals surface area contributed by atoms with Gasteiger partial charge in [0.25, 0.3) is 0 Å². The van der Waals surface area contributed by atoms with E-state index in [1.807, 2.05) is 0 Å². The number of hydrogen-bond donors (Lipinski definition) is 0. The number of piperidine rings is 1. The molecule has 1 rings (SSSR count). The zero-order valence-corrected chi connectivity index (χ0v) is 6.43. The molecule has 1 heteroatoms. The third-order valence-electron chi connectivity index (χ3n) is 2.23. The summed E-state index contributed by atoms with van der Waals surface area (Å²) in [6.45, 7) is 4.75. The lowest BCUT2D eigenvalue weighted by Crippen LogP contribution is -2.29. The smallest absolute Gasteiger partial charge is 0.00190 e. The van der Waals surface area contributed by atoms with Crippen molar-refractivity contribution in [1.29, 1.82) is 0 Å². The SMILES string of the molecule is C[CH]C1CCN(C)CC1. The highest BCUT2D eigenvalue weighted by atomic mass is 15.1. The number of likely N-dealkylation sites (tertiary alicyclic amines) is 1. The maximum absolute atomic E-state index is 2.40. The van der Waals surface area contributed by atoms with Gasteiger partial charge in [0.2, 0.25) is 0 Å². The summed E-state index contributed by atoms with van der Waals surface area (Å²) < 4.78 is 0. The Bertz CT molecular complexity index is 72.6. The van der Waals surface area contributed by atoms with Crippen molar-refractivity contribution in [3.8, 4) is 0 Å². The molecule has 0 N–H and O–H groups in total. The predicted octanol–water partition coefficient (Wildman–Crippen LogP) is 1.55. The summed E-state index contributed by atoms with van der Waals surface area (Å²) in [6, 6.07) is 0. The molecule has 1 aliphatic rings. The van der Waals surface area contributed by atoms with Gasteiger partial charge in [0.05, 0.1) is 0 Å². The Labute approximate surface area is 58.0 Å². The third kappa shape index (κ3) is 1.98. The van der Waals surface area contributed by atoms with E-state index < -0.39 is 0 Å². The summed E-state index contributed by atoms with van der Waals surface area (Å²) in [5, 5.41) is 0. The molecule has 0 saturated carbocycles. The first-order valence-electron chi connectivity index (χ1n) is 3.81. The van der Waals surface area contributed by atoms with E-state index in [4.69, 9.17) is 0 Å². The Hall–Kier alpha value is -0.0400. The Morgan fingerprint density at radius 3 is 2.33 bits per heavy atom. The minimum absolute atomic E-state index is 0.904. The first-order chi connectivity index (χ1) is 4.33. The summed E-state index contributed by atoms with van der Waals surface area (Å²) >= 11 is 0. The van der Waals surface area contributed by atoms with E-state index in [0.717, 1.165) is 5.92 Å². The van der Waals surface area contributed by atoms with Crippen LogP contribution in [-0.2, 0) is 0 Å². The van der Waals surface area contributed by atoms with Gasteiger partial charge in [-0.1, -0.05) is 6.92 Å². The molecule has 0 aromatic heterocycles. The Kier molecular flexibility index (Phi) is 2.52. The van der Waals surface area contributed by atoms with Crippen LogP contribution in [0.5, 0.6) is 0 Å². The summed E-state index contributed by atoms with van der Waals surface area (Å²) in [4.78, 5) is 2.40. The molecule has 1 nitrogen and oxygen atoms in total. The highest BCUT2D eigenvalue weighted by molar-refractivity contribution is 4.77. The van der Waals surface area contributed by atoms with Gasteiger partial charge in [-0.25, -0.2) is 0 Å². The van der Waals surface area contributed by atoms with Crippen LogP contribution in [0.1, 0.15) is 19.8 Å². The van der Waals surface area contributed by atoms with Crippen LogP contribution in [0.25, 0.3) is 0 Å². The lowest BCUT2D eigenvalue weighted by Gasteiger charge is -2.27. The fraction of sp³-hybridized carbons (Fsp3) is 0.875. The van der Waals surface area contributed by atoms with Crippen LogP contribution in [0.2, 0.25) is 0 Å². The minimum Gasteiger partial charge on any atom is -0.306 e. The third-order valence-corrected chi connectivity index (χ3v) is 2.23. The fourth-order valence-electron chi connectivity index (χ4n) is 1.36. The molecule has 1 fully saturated rings. The van der Waals surface area contributed by atoms with E-state index in [-0.39, 0.29) is 0 Å². The van der Waals surface area contributed by atoms with E-state index in [1.54, 1.807) is 0 Å². The molecule has 1 saturated heterocycles. The highest BCUT2D eigenvalue weighted by Gasteiger charge is 2.13. The van der Waals surface area contributed by atoms with Crippen LogP contribution in [-0.4, -0.2) is 25.0 Å². The molecule has 0 bridgehead atoms. The summed E-state index contributed by atoms with van der Waals surface area (Å²) in [6.07, 6.45) is 5.08. The van der Waals surface area contributed by atoms with Crippen molar-refractivity contribution in [2.45, 2.75) is 19.8 Å². The van der Waals surface area contributed by atoms with E-state index >= 15 is 0 Å². The maximum atomic E-state index is 2.40. The Morgan fingerprint density at radius 2 is 1.89 bits per heavy atom. The molecule has 1 heterocycles. The molecule has 0 aliphatic carbocycles. The van der Waals surface area contributed by atoms with Gasteiger partial charge in [-0.2, -0.15) is 0 Å². The molecule has 0 atom stereocenters. The van der Waals surface area contributed by atoms with E-state index in [2.05, 4.69) is 25.3 Å². The number of hydrogen-bond acceptors (Lipinski definition) is 1. The zero-order valence-electron chi connectivity index (χ0n) is 6.43. The molecule has 0 spiro atoms. The second-order valence-electron chi connectivity index (χ2n) is 2.97. The van der Waals surface area contributed by atoms with Gasteiger partial charge in [0.15, 0.2) is 0 Å². The average Bonchev–Trinajstić information content (AvgIpc) is 1.90. The predicted molar refractivity (Wildman–Crippen MR) is 40.2 cm³/mol. The lowest BCUT2D eigenvalue weighted by atomic mass is 9.95. The lowest BCUT2D eigenvalue weighted by molar-refractivity contribution is 0.236. The van der Waals surface area contributed by atoms with Crippen molar-refractivity contribution in [3.05, 3.63) is 6.42 Å². The van der Waals surface area contributed by atoms with Crippen molar-refractivity contribution >= 4 is 0 Å². The van der Waals surface area contributed by atoms with Crippen molar-refractivity contribution in [1.82, 2.24) is 4.90 Å². The van der Waals surface area contributed by atoms with Gasteiger partial charge in [-0.3, -0.25) is 0 Å². The van der Waals surface area contributed by atoms with E-state index in [1.165, 1.54) is 25.9 Å². The topological polar surface area (TPSA) is 3.24 Å². The van der Waals surface area contributed by atoms with Crippen LogP contribution < -0.4 is 0 Å². The molecular formula is C8H16N. The fourth-order valence-corrected chi connectivity index (χ4v) is 1.36. The zero-order chi connectivity index (χ0) is 6.69. The Morgan fingerprint density at radius 1 is 1.33 bits per heavy atom. The number of rotatable bonds is 1. The van der Waals surface area contributed by atoms with Crippen molar-refractivity contribution in [3.63, 3.8) is 0 Å². The molecule has 0 amide bonds. The molecule has 53 valence electrons. The van der Waals surface area contributed by atoms with Crippen LogP contribution in [0.3, 0.4) is 0 Å². The van der Waals surface area contributed by atoms with Crippen molar-refractivity contribution < 1.29 is 0 Å². The minimum atomic E-state index is 0.904. The molecule has 0 unspecified atom stereocenters. The van der Waals surface area contributed by atoms with E-state index in [0.29, 0.717) is 0 Å². The van der Waals surface area contributed by atoms with Crippen LogP contribution >= 0.6 is 0 Å². The molecule has 0 aromatic carbocycles. The van der Waals surface area contributed by atoms with Gasteiger partial charge in [-0.05, 0) is 45.3 Å². The van der Waals surface area contributed by atoms with E-state index in [9.17, 15) is 0 Å². The quantitative estimate of drug-likeness (QED) is 0.515. The normalized spacial score (nSPS) is 24.7. The standard InChI is InChI=1S/C8H16N/c1-3-8-4-6-9(2)7-5-8/h3,8H,4-7H2,1-2H3. The van der Waals surface area contributed by atoms with Crippen LogP contribution in [0.15, 0.2) is 0 Å². The van der Waals surface area contributed by atoms with Crippen molar-refractivity contribution in [2.24, 2.45) is 5.92 Å². The molecule has 1 aliphatic heterocycles. The summed E-state index contributed by atoms with van der Waals surface area (Å²) in [5.74, 6) is 0.904. The van der Waals surface area contributed by atoms with Gasteiger partial charge in [0.1, 0.15) is 0 Å².